The SMILES string of the molecule is C#CC(C)(C)C(=O)Nc1cccnc1. The zero-order valence-electron chi connectivity index (χ0n) is 8.24. The highest BCUT2D eigenvalue weighted by Gasteiger charge is 2.24. The van der Waals surface area contributed by atoms with Gasteiger partial charge in [0.25, 0.3) is 0 Å². The summed E-state index contributed by atoms with van der Waals surface area (Å²) in [4.78, 5) is 15.5. The molecule has 0 unspecified atom stereocenters. The van der Waals surface area contributed by atoms with E-state index in [0.29, 0.717) is 5.69 Å². The molecule has 0 aliphatic heterocycles. The van der Waals surface area contributed by atoms with Gasteiger partial charge in [-0.25, -0.2) is 0 Å². The van der Waals surface area contributed by atoms with Crippen LogP contribution in [0.3, 0.4) is 0 Å². The van der Waals surface area contributed by atoms with Crippen LogP contribution in [0.2, 0.25) is 0 Å². The number of terminal acetylenes is 1. The van der Waals surface area contributed by atoms with Crippen LogP contribution in [0.5, 0.6) is 0 Å². The van der Waals surface area contributed by atoms with E-state index >= 15 is 0 Å². The molecule has 1 aromatic rings. The standard InChI is InChI=1S/C11H12N2O/c1-4-11(2,3)10(14)13-9-6-5-7-12-8-9/h1,5-8H,2-3H3,(H,13,14). The van der Waals surface area contributed by atoms with Crippen LogP contribution in [0, 0.1) is 17.8 Å². The number of carbonyl (C=O) groups is 1. The highest BCUT2D eigenvalue weighted by molar-refractivity contribution is 5.96. The second-order valence-corrected chi connectivity index (χ2v) is 3.47. The Bertz CT molecular complexity index is 363. The molecule has 0 spiro atoms. The predicted molar refractivity (Wildman–Crippen MR) is 55.5 cm³/mol. The third kappa shape index (κ3) is 2.33. The maximum absolute atomic E-state index is 11.6. The number of amides is 1. The molecular weight excluding hydrogens is 176 g/mol. The summed E-state index contributed by atoms with van der Waals surface area (Å²) < 4.78 is 0. The van der Waals surface area contributed by atoms with Crippen molar-refractivity contribution in [3.63, 3.8) is 0 Å². The van der Waals surface area contributed by atoms with E-state index in [0.717, 1.165) is 0 Å². The molecule has 1 rings (SSSR count). The molecule has 0 aromatic carbocycles. The molecule has 0 bridgehead atoms. The van der Waals surface area contributed by atoms with Crippen molar-refractivity contribution in [1.29, 1.82) is 0 Å². The molecule has 0 saturated carbocycles. The first-order chi connectivity index (χ1) is 6.56. The molecule has 3 nitrogen and oxygen atoms in total. The lowest BCUT2D eigenvalue weighted by Crippen LogP contribution is -2.29. The molecule has 0 atom stereocenters. The van der Waals surface area contributed by atoms with E-state index in [-0.39, 0.29) is 5.91 Å². The number of hydrogen-bond donors (Lipinski definition) is 1. The molecular formula is C11H12N2O. The number of nitrogens with one attached hydrogen (secondary N) is 1. The Kier molecular flexibility index (Phi) is 2.88. The van der Waals surface area contributed by atoms with E-state index < -0.39 is 5.41 Å². The van der Waals surface area contributed by atoms with E-state index in [1.807, 2.05) is 0 Å². The third-order valence-corrected chi connectivity index (χ3v) is 1.85. The highest BCUT2D eigenvalue weighted by atomic mass is 16.2. The Balaban J connectivity index is 2.73. The summed E-state index contributed by atoms with van der Waals surface area (Å²) >= 11 is 0. The zero-order valence-corrected chi connectivity index (χ0v) is 8.24. The van der Waals surface area contributed by atoms with Crippen molar-refractivity contribution in [3.8, 4) is 12.3 Å². The van der Waals surface area contributed by atoms with Gasteiger partial charge in [-0.1, -0.05) is 5.92 Å². The van der Waals surface area contributed by atoms with Crippen molar-refractivity contribution in [2.45, 2.75) is 13.8 Å². The van der Waals surface area contributed by atoms with Crippen LogP contribution in [0.15, 0.2) is 24.5 Å². The van der Waals surface area contributed by atoms with Crippen molar-refractivity contribution in [2.75, 3.05) is 5.32 Å². The summed E-state index contributed by atoms with van der Waals surface area (Å²) in [5.74, 6) is 2.23. The monoisotopic (exact) mass is 188 g/mol. The van der Waals surface area contributed by atoms with Gasteiger partial charge in [0, 0.05) is 6.20 Å². The Hall–Kier alpha value is -1.82. The van der Waals surface area contributed by atoms with Crippen molar-refractivity contribution >= 4 is 11.6 Å². The molecule has 1 N–H and O–H groups in total. The van der Waals surface area contributed by atoms with Gasteiger partial charge in [0.05, 0.1) is 11.9 Å². The molecule has 0 radical (unpaired) electrons. The number of aromatic nitrogens is 1. The fourth-order valence-electron chi connectivity index (χ4n) is 0.790. The second-order valence-electron chi connectivity index (χ2n) is 3.47. The van der Waals surface area contributed by atoms with Gasteiger partial charge >= 0.3 is 0 Å². The van der Waals surface area contributed by atoms with Gasteiger partial charge < -0.3 is 5.32 Å². The maximum atomic E-state index is 11.6. The smallest absolute Gasteiger partial charge is 0.242 e. The first-order valence-corrected chi connectivity index (χ1v) is 4.25. The summed E-state index contributed by atoms with van der Waals surface area (Å²) in [6.45, 7) is 3.39. The van der Waals surface area contributed by atoms with Crippen LogP contribution < -0.4 is 5.32 Å². The summed E-state index contributed by atoms with van der Waals surface area (Å²) in [6, 6.07) is 3.51. The van der Waals surface area contributed by atoms with Crippen LogP contribution in [-0.2, 0) is 4.79 Å². The van der Waals surface area contributed by atoms with Crippen LogP contribution in [0.25, 0.3) is 0 Å². The maximum Gasteiger partial charge on any atom is 0.242 e. The van der Waals surface area contributed by atoms with Crippen molar-refractivity contribution in [3.05, 3.63) is 24.5 Å². The minimum absolute atomic E-state index is 0.201. The van der Waals surface area contributed by atoms with Crippen molar-refractivity contribution in [1.82, 2.24) is 4.98 Å². The topological polar surface area (TPSA) is 42.0 Å². The van der Waals surface area contributed by atoms with Crippen LogP contribution in [-0.4, -0.2) is 10.9 Å². The summed E-state index contributed by atoms with van der Waals surface area (Å²) in [7, 11) is 0. The average Bonchev–Trinajstić information content (AvgIpc) is 2.19. The lowest BCUT2D eigenvalue weighted by Gasteiger charge is -2.16. The van der Waals surface area contributed by atoms with Gasteiger partial charge in [-0.3, -0.25) is 9.78 Å². The quantitative estimate of drug-likeness (QED) is 0.717. The van der Waals surface area contributed by atoms with E-state index in [1.165, 1.54) is 0 Å². The Labute approximate surface area is 83.6 Å². The lowest BCUT2D eigenvalue weighted by atomic mass is 9.94. The molecule has 0 fully saturated rings. The van der Waals surface area contributed by atoms with Crippen LogP contribution >= 0.6 is 0 Å². The molecule has 3 heteroatoms. The first-order valence-electron chi connectivity index (χ1n) is 4.25. The first kappa shape index (κ1) is 10.3. The number of anilines is 1. The number of nitrogens with zero attached hydrogens (tertiary/aromatic N) is 1. The van der Waals surface area contributed by atoms with E-state index in [1.54, 1.807) is 38.4 Å². The van der Waals surface area contributed by atoms with Crippen LogP contribution in [0.4, 0.5) is 5.69 Å². The Morgan fingerprint density at radius 1 is 1.64 bits per heavy atom. The third-order valence-electron chi connectivity index (χ3n) is 1.85. The molecule has 0 saturated heterocycles. The lowest BCUT2D eigenvalue weighted by molar-refractivity contribution is -0.121. The summed E-state index contributed by atoms with van der Waals surface area (Å²) in [5, 5.41) is 2.69. The van der Waals surface area contributed by atoms with Gasteiger partial charge in [-0.05, 0) is 26.0 Å². The number of hydrogen-bond acceptors (Lipinski definition) is 2. The number of pyridine rings is 1. The van der Waals surface area contributed by atoms with Gasteiger partial charge in [0.2, 0.25) is 5.91 Å². The fraction of sp³-hybridized carbons (Fsp3) is 0.273. The highest BCUT2D eigenvalue weighted by Crippen LogP contribution is 2.16. The van der Waals surface area contributed by atoms with Gasteiger partial charge in [-0.2, -0.15) is 0 Å². The zero-order chi connectivity index (χ0) is 10.6. The second kappa shape index (κ2) is 3.93. The summed E-state index contributed by atoms with van der Waals surface area (Å²) in [5.41, 5.74) is -0.142. The molecule has 72 valence electrons. The van der Waals surface area contributed by atoms with Crippen molar-refractivity contribution < 1.29 is 4.79 Å². The van der Waals surface area contributed by atoms with E-state index in [9.17, 15) is 4.79 Å². The molecule has 14 heavy (non-hydrogen) atoms. The Morgan fingerprint density at radius 3 is 2.86 bits per heavy atom. The molecule has 1 aromatic heterocycles. The summed E-state index contributed by atoms with van der Waals surface area (Å²) in [6.07, 6.45) is 8.45. The van der Waals surface area contributed by atoms with Crippen LogP contribution in [0.1, 0.15) is 13.8 Å². The average molecular weight is 188 g/mol. The minimum Gasteiger partial charge on any atom is -0.323 e. The molecule has 1 heterocycles. The van der Waals surface area contributed by atoms with Gasteiger partial charge in [-0.15, -0.1) is 6.42 Å². The van der Waals surface area contributed by atoms with E-state index in [2.05, 4.69) is 16.2 Å². The predicted octanol–water partition coefficient (Wildman–Crippen LogP) is 1.68. The normalized spacial score (nSPS) is 10.4. The number of rotatable bonds is 2. The molecule has 1 amide bonds. The molecule has 0 aliphatic rings. The number of carbonyl (C=O) groups excluding carboxylic acids is 1. The minimum atomic E-state index is -0.796. The largest absolute Gasteiger partial charge is 0.323 e. The van der Waals surface area contributed by atoms with Crippen molar-refractivity contribution in [2.24, 2.45) is 5.41 Å². The van der Waals surface area contributed by atoms with E-state index in [4.69, 9.17) is 6.42 Å². The van der Waals surface area contributed by atoms with Gasteiger partial charge in [0.15, 0.2) is 0 Å². The fourth-order valence-corrected chi connectivity index (χ4v) is 0.790. The molecule has 0 aliphatic carbocycles. The Morgan fingerprint density at radius 2 is 2.36 bits per heavy atom. The van der Waals surface area contributed by atoms with Gasteiger partial charge in [0.1, 0.15) is 5.41 Å².